The third-order valence-corrected chi connectivity index (χ3v) is 3.84. The number of aryl methyl sites for hydroxylation is 2. The van der Waals surface area contributed by atoms with Crippen LogP contribution in [0.5, 0.6) is 0 Å². The average molecular weight is 314 g/mol. The summed E-state index contributed by atoms with van der Waals surface area (Å²) in [7, 11) is 3.84. The molecule has 1 aromatic heterocycles. The Morgan fingerprint density at radius 1 is 1.30 bits per heavy atom. The van der Waals surface area contributed by atoms with Crippen molar-refractivity contribution in [1.82, 2.24) is 19.8 Å². The molecule has 2 aromatic rings. The van der Waals surface area contributed by atoms with E-state index in [0.29, 0.717) is 6.54 Å². The Labute approximate surface area is 138 Å². The summed E-state index contributed by atoms with van der Waals surface area (Å²) in [6.45, 7) is 5.53. The van der Waals surface area contributed by atoms with Gasteiger partial charge in [0.25, 0.3) is 0 Å². The molecule has 124 valence electrons. The van der Waals surface area contributed by atoms with E-state index in [0.717, 1.165) is 24.4 Å². The maximum absolute atomic E-state index is 12.6. The zero-order valence-electron chi connectivity index (χ0n) is 14.4. The zero-order chi connectivity index (χ0) is 16.8. The Morgan fingerprint density at radius 3 is 2.61 bits per heavy atom. The summed E-state index contributed by atoms with van der Waals surface area (Å²) in [6, 6.07) is 7.79. The van der Waals surface area contributed by atoms with Crippen molar-refractivity contribution < 1.29 is 4.79 Å². The van der Waals surface area contributed by atoms with Gasteiger partial charge in [-0.3, -0.25) is 9.69 Å². The molecule has 1 aromatic carbocycles. The highest BCUT2D eigenvalue weighted by atomic mass is 16.2. The van der Waals surface area contributed by atoms with Gasteiger partial charge >= 0.3 is 0 Å². The predicted molar refractivity (Wildman–Crippen MR) is 92.0 cm³/mol. The topological polar surface area (TPSA) is 50.2 Å². The van der Waals surface area contributed by atoms with Gasteiger partial charge in [-0.1, -0.05) is 36.8 Å². The van der Waals surface area contributed by atoms with Gasteiger partial charge in [-0.2, -0.15) is 0 Å². The predicted octanol–water partition coefficient (Wildman–Crippen LogP) is 2.52. The van der Waals surface area contributed by atoms with Gasteiger partial charge in [-0.15, -0.1) is 0 Å². The number of imidazole rings is 1. The first-order valence-electron chi connectivity index (χ1n) is 8.03. The molecule has 0 saturated carbocycles. The lowest BCUT2D eigenvalue weighted by molar-refractivity contribution is -0.126. The molecule has 0 aliphatic heterocycles. The average Bonchev–Trinajstić information content (AvgIpc) is 2.95. The van der Waals surface area contributed by atoms with Crippen molar-refractivity contribution >= 4 is 5.91 Å². The van der Waals surface area contributed by atoms with Crippen molar-refractivity contribution in [3.8, 4) is 0 Å². The Morgan fingerprint density at radius 2 is 2.00 bits per heavy atom. The Bertz CT molecular complexity index is 631. The van der Waals surface area contributed by atoms with E-state index < -0.39 is 0 Å². The van der Waals surface area contributed by atoms with Gasteiger partial charge in [-0.25, -0.2) is 4.98 Å². The van der Waals surface area contributed by atoms with Crippen molar-refractivity contribution in [2.75, 3.05) is 14.1 Å². The number of benzene rings is 1. The van der Waals surface area contributed by atoms with Crippen LogP contribution in [0, 0.1) is 6.92 Å². The third kappa shape index (κ3) is 4.42. The summed E-state index contributed by atoms with van der Waals surface area (Å²) in [6.07, 6.45) is 4.77. The summed E-state index contributed by atoms with van der Waals surface area (Å²) in [5.41, 5.74) is 2.18. The summed E-state index contributed by atoms with van der Waals surface area (Å²) < 4.78 is 2.08. The molecule has 0 unspecified atom stereocenters. The molecule has 0 fully saturated rings. The Hall–Kier alpha value is -2.14. The SMILES string of the molecule is CCCn1ccnc1CNC(=O)[C@H](c1ccc(C)cc1)N(C)C. The number of rotatable bonds is 7. The van der Waals surface area contributed by atoms with Crippen LogP contribution < -0.4 is 5.32 Å². The summed E-state index contributed by atoms with van der Waals surface area (Å²) >= 11 is 0. The molecule has 0 radical (unpaired) electrons. The highest BCUT2D eigenvalue weighted by Crippen LogP contribution is 2.19. The van der Waals surface area contributed by atoms with E-state index in [4.69, 9.17) is 0 Å². The number of aromatic nitrogens is 2. The van der Waals surface area contributed by atoms with E-state index in [1.54, 1.807) is 6.20 Å². The highest BCUT2D eigenvalue weighted by Gasteiger charge is 2.22. The minimum atomic E-state index is -0.301. The molecule has 5 heteroatoms. The van der Waals surface area contributed by atoms with Crippen LogP contribution in [0.1, 0.15) is 36.3 Å². The number of likely N-dealkylation sites (N-methyl/N-ethyl adjacent to an activating group) is 1. The molecule has 0 aliphatic rings. The molecule has 1 heterocycles. The number of nitrogens with zero attached hydrogens (tertiary/aromatic N) is 3. The molecule has 5 nitrogen and oxygen atoms in total. The van der Waals surface area contributed by atoms with Crippen LogP contribution in [0.25, 0.3) is 0 Å². The lowest BCUT2D eigenvalue weighted by Crippen LogP contribution is -2.37. The van der Waals surface area contributed by atoms with Crippen molar-refractivity contribution in [3.63, 3.8) is 0 Å². The molecule has 1 amide bonds. The first-order valence-corrected chi connectivity index (χ1v) is 8.03. The van der Waals surface area contributed by atoms with E-state index in [9.17, 15) is 4.79 Å². The van der Waals surface area contributed by atoms with Gasteiger partial charge in [-0.05, 0) is 33.0 Å². The van der Waals surface area contributed by atoms with Crippen LogP contribution in [0.2, 0.25) is 0 Å². The molecular weight excluding hydrogens is 288 g/mol. The molecule has 0 saturated heterocycles. The van der Waals surface area contributed by atoms with Gasteiger partial charge in [0.15, 0.2) is 0 Å². The lowest BCUT2D eigenvalue weighted by atomic mass is 10.0. The summed E-state index contributed by atoms with van der Waals surface area (Å²) in [5, 5.41) is 3.01. The second-order valence-electron chi connectivity index (χ2n) is 6.03. The fourth-order valence-corrected chi connectivity index (χ4v) is 2.65. The number of carbonyl (C=O) groups excluding carboxylic acids is 1. The van der Waals surface area contributed by atoms with Crippen LogP contribution in [-0.4, -0.2) is 34.5 Å². The van der Waals surface area contributed by atoms with E-state index in [-0.39, 0.29) is 11.9 Å². The molecule has 0 aliphatic carbocycles. The maximum Gasteiger partial charge on any atom is 0.242 e. The van der Waals surface area contributed by atoms with Gasteiger partial charge in [0, 0.05) is 18.9 Å². The minimum Gasteiger partial charge on any atom is -0.347 e. The number of nitrogens with one attached hydrogen (secondary N) is 1. The van der Waals surface area contributed by atoms with Crippen molar-refractivity contribution in [2.45, 2.75) is 39.4 Å². The van der Waals surface area contributed by atoms with Crippen molar-refractivity contribution in [1.29, 1.82) is 0 Å². The molecular formula is C18H26N4O. The first-order chi connectivity index (χ1) is 11.0. The zero-order valence-corrected chi connectivity index (χ0v) is 14.4. The molecule has 0 spiro atoms. The molecule has 1 N–H and O–H groups in total. The second kappa shape index (κ2) is 7.92. The molecule has 1 atom stereocenters. The van der Waals surface area contributed by atoms with E-state index in [2.05, 4.69) is 21.8 Å². The highest BCUT2D eigenvalue weighted by molar-refractivity contribution is 5.83. The maximum atomic E-state index is 12.6. The van der Waals surface area contributed by atoms with Crippen LogP contribution in [-0.2, 0) is 17.9 Å². The smallest absolute Gasteiger partial charge is 0.242 e. The second-order valence-corrected chi connectivity index (χ2v) is 6.03. The van der Waals surface area contributed by atoms with Crippen molar-refractivity contribution in [3.05, 3.63) is 53.6 Å². The van der Waals surface area contributed by atoms with Crippen LogP contribution in [0.15, 0.2) is 36.7 Å². The molecule has 2 rings (SSSR count). The lowest BCUT2D eigenvalue weighted by Gasteiger charge is -2.24. The van der Waals surface area contributed by atoms with E-state index in [1.807, 2.05) is 56.4 Å². The quantitative estimate of drug-likeness (QED) is 0.854. The fraction of sp³-hybridized carbons (Fsp3) is 0.444. The van der Waals surface area contributed by atoms with Crippen LogP contribution >= 0.6 is 0 Å². The summed E-state index contributed by atoms with van der Waals surface area (Å²) in [5.74, 6) is 0.881. The Kier molecular flexibility index (Phi) is 5.93. The number of hydrogen-bond acceptors (Lipinski definition) is 3. The van der Waals surface area contributed by atoms with Gasteiger partial charge < -0.3 is 9.88 Å². The first kappa shape index (κ1) is 17.2. The van der Waals surface area contributed by atoms with Crippen LogP contribution in [0.3, 0.4) is 0 Å². The normalized spacial score (nSPS) is 12.4. The number of carbonyl (C=O) groups is 1. The van der Waals surface area contributed by atoms with E-state index in [1.165, 1.54) is 5.56 Å². The van der Waals surface area contributed by atoms with Crippen LogP contribution in [0.4, 0.5) is 0 Å². The van der Waals surface area contributed by atoms with E-state index >= 15 is 0 Å². The monoisotopic (exact) mass is 314 g/mol. The fourth-order valence-electron chi connectivity index (χ4n) is 2.65. The van der Waals surface area contributed by atoms with Gasteiger partial charge in [0.2, 0.25) is 5.91 Å². The number of hydrogen-bond donors (Lipinski definition) is 1. The van der Waals surface area contributed by atoms with Gasteiger partial charge in [0.1, 0.15) is 11.9 Å². The Balaban J connectivity index is 2.07. The minimum absolute atomic E-state index is 0.00935. The van der Waals surface area contributed by atoms with Crippen molar-refractivity contribution in [2.24, 2.45) is 0 Å². The molecule has 23 heavy (non-hydrogen) atoms. The number of amides is 1. The van der Waals surface area contributed by atoms with Gasteiger partial charge in [0.05, 0.1) is 6.54 Å². The summed E-state index contributed by atoms with van der Waals surface area (Å²) in [4.78, 5) is 18.9. The largest absolute Gasteiger partial charge is 0.347 e. The molecule has 0 bridgehead atoms. The third-order valence-electron chi connectivity index (χ3n) is 3.84. The standard InChI is InChI=1S/C18H26N4O/c1-5-11-22-12-10-19-16(22)13-20-18(23)17(21(3)4)15-8-6-14(2)7-9-15/h6-10,12,17H,5,11,13H2,1-4H3,(H,20,23)/t17-/m0/s1.